The molecule has 0 radical (unpaired) electrons. The number of benzene rings is 3. The highest BCUT2D eigenvalue weighted by atomic mass is 35.5. The number of methoxy groups -OCH3 is 1. The van der Waals surface area contributed by atoms with E-state index < -0.39 is 28.0 Å². The number of nitrogens with zero attached hydrogens (tertiary/aromatic N) is 2. The van der Waals surface area contributed by atoms with Gasteiger partial charge in [0, 0.05) is 55.5 Å². The number of rotatable bonds is 19. The molecule has 5 rings (SSSR count). The molecule has 1 saturated heterocycles. The van der Waals surface area contributed by atoms with Crippen LogP contribution in [0.1, 0.15) is 47.6 Å². The van der Waals surface area contributed by atoms with Crippen LogP contribution in [0.3, 0.4) is 0 Å². The summed E-state index contributed by atoms with van der Waals surface area (Å²) in [6.07, 6.45) is 5.49. The molecule has 2 heterocycles. The fraction of sp³-hybridized carbons (Fsp3) is 0.405. The van der Waals surface area contributed by atoms with Gasteiger partial charge in [-0.15, -0.1) is 0 Å². The summed E-state index contributed by atoms with van der Waals surface area (Å²) in [4.78, 5) is 30.1. The molecular formula is C42H50ClN3O10S. The molecule has 0 bridgehead atoms. The van der Waals surface area contributed by atoms with Crippen LogP contribution in [0.2, 0.25) is 5.02 Å². The fourth-order valence-electron chi connectivity index (χ4n) is 6.57. The maximum atomic E-state index is 12.1. The Bertz CT molecular complexity index is 2180. The number of carbonyl (C=O) groups is 2. The number of aliphatic hydroxyl groups excluding tert-OH is 1. The molecule has 3 aromatic carbocycles. The minimum atomic E-state index is -3.50. The fourth-order valence-corrected chi connectivity index (χ4v) is 7.43. The van der Waals surface area contributed by atoms with Gasteiger partial charge in [-0.1, -0.05) is 41.9 Å². The smallest absolute Gasteiger partial charge is 0.326 e. The minimum absolute atomic E-state index is 0.0283. The summed E-state index contributed by atoms with van der Waals surface area (Å²) >= 11 is 6.74. The van der Waals surface area contributed by atoms with Crippen molar-refractivity contribution in [2.24, 2.45) is 5.92 Å². The number of esters is 1. The number of likely N-dealkylation sites (tertiary alicyclic amines) is 1. The first-order valence-electron chi connectivity index (χ1n) is 18.6. The number of pyridine rings is 1. The molecule has 1 aromatic heterocycles. The second kappa shape index (κ2) is 19.1. The molecule has 0 spiro atoms. The highest BCUT2D eigenvalue weighted by Crippen LogP contribution is 2.36. The summed E-state index contributed by atoms with van der Waals surface area (Å²) in [5, 5.41) is 22.6. The van der Waals surface area contributed by atoms with Crippen LogP contribution in [0.25, 0.3) is 11.1 Å². The van der Waals surface area contributed by atoms with Gasteiger partial charge in [-0.2, -0.15) is 0 Å². The van der Waals surface area contributed by atoms with Crippen LogP contribution in [0.15, 0.2) is 71.9 Å². The lowest BCUT2D eigenvalue weighted by molar-refractivity contribution is -0.146. The van der Waals surface area contributed by atoms with Crippen molar-refractivity contribution in [2.45, 2.75) is 63.8 Å². The number of aliphatic carboxylic acids is 1. The van der Waals surface area contributed by atoms with Gasteiger partial charge < -0.3 is 34.1 Å². The van der Waals surface area contributed by atoms with Crippen molar-refractivity contribution in [3.05, 3.63) is 99.8 Å². The Morgan fingerprint density at radius 1 is 0.965 bits per heavy atom. The average molecular weight is 824 g/mol. The first kappa shape index (κ1) is 43.4. The summed E-state index contributed by atoms with van der Waals surface area (Å²) in [6, 6.07) is 16.7. The molecule has 0 saturated carbocycles. The minimum Gasteiger partial charge on any atom is -0.493 e. The zero-order chi connectivity index (χ0) is 41.3. The van der Waals surface area contributed by atoms with Crippen LogP contribution in [0, 0.1) is 19.8 Å². The maximum absolute atomic E-state index is 12.1. The van der Waals surface area contributed by atoms with Crippen molar-refractivity contribution in [3.8, 4) is 28.4 Å². The Balaban J connectivity index is 1.30. The quantitative estimate of drug-likeness (QED) is 0.0769. The van der Waals surface area contributed by atoms with Gasteiger partial charge in [0.1, 0.15) is 36.0 Å². The summed E-state index contributed by atoms with van der Waals surface area (Å²) in [7, 11) is -2.07. The molecule has 13 nitrogen and oxygen atoms in total. The predicted molar refractivity (Wildman–Crippen MR) is 215 cm³/mol. The van der Waals surface area contributed by atoms with Crippen LogP contribution in [0.4, 0.5) is 0 Å². The molecule has 0 aliphatic carbocycles. The lowest BCUT2D eigenvalue weighted by atomic mass is 9.93. The molecule has 2 atom stereocenters. The van der Waals surface area contributed by atoms with Crippen molar-refractivity contribution >= 4 is 33.4 Å². The van der Waals surface area contributed by atoms with Gasteiger partial charge in [-0.3, -0.25) is 19.9 Å². The summed E-state index contributed by atoms with van der Waals surface area (Å²) in [6.45, 7) is 7.83. The highest BCUT2D eigenvalue weighted by molar-refractivity contribution is 7.90. The van der Waals surface area contributed by atoms with Crippen molar-refractivity contribution in [2.75, 3.05) is 46.2 Å². The normalized spacial score (nSPS) is 15.5. The third-order valence-corrected chi connectivity index (χ3v) is 11.6. The number of aliphatic hydroxyl groups is 1. The number of carboxylic acid groups (broad SMARTS) is 1. The number of aromatic nitrogens is 1. The zero-order valence-electron chi connectivity index (χ0n) is 32.8. The average Bonchev–Trinajstić information content (AvgIpc) is 3.67. The molecule has 3 N–H and O–H groups in total. The topological polar surface area (TPSA) is 174 Å². The molecular weight excluding hydrogens is 774 g/mol. The van der Waals surface area contributed by atoms with Crippen molar-refractivity contribution in [1.82, 2.24) is 15.2 Å². The monoisotopic (exact) mass is 823 g/mol. The number of nitrogens with one attached hydrogen (secondary N) is 1. The van der Waals surface area contributed by atoms with E-state index in [1.165, 1.54) is 32.5 Å². The number of hydrogen-bond acceptors (Lipinski definition) is 12. The zero-order valence-corrected chi connectivity index (χ0v) is 34.4. The Morgan fingerprint density at radius 2 is 1.68 bits per heavy atom. The van der Waals surface area contributed by atoms with Crippen LogP contribution >= 0.6 is 11.6 Å². The summed E-state index contributed by atoms with van der Waals surface area (Å²) < 4.78 is 47.8. The third kappa shape index (κ3) is 11.0. The van der Waals surface area contributed by atoms with E-state index in [2.05, 4.69) is 27.3 Å². The van der Waals surface area contributed by atoms with Crippen molar-refractivity contribution < 1.29 is 47.2 Å². The van der Waals surface area contributed by atoms with Crippen LogP contribution < -0.4 is 19.5 Å². The number of carboxylic acids is 1. The number of sulfone groups is 1. The van der Waals surface area contributed by atoms with Gasteiger partial charge in [0.25, 0.3) is 0 Å². The van der Waals surface area contributed by atoms with E-state index in [1.807, 2.05) is 38.1 Å². The molecule has 57 heavy (non-hydrogen) atoms. The largest absolute Gasteiger partial charge is 0.493 e. The Labute approximate surface area is 338 Å². The maximum Gasteiger partial charge on any atom is 0.326 e. The van der Waals surface area contributed by atoms with E-state index in [1.54, 1.807) is 12.1 Å². The van der Waals surface area contributed by atoms with Gasteiger partial charge in [0.15, 0.2) is 9.84 Å². The van der Waals surface area contributed by atoms with Gasteiger partial charge in [0.05, 0.1) is 36.2 Å². The number of ether oxygens (including phenoxy) is 4. The molecule has 1 unspecified atom stereocenters. The second-order valence-corrected chi connectivity index (χ2v) is 16.9. The van der Waals surface area contributed by atoms with Crippen molar-refractivity contribution in [1.29, 1.82) is 0 Å². The SMILES string of the molecule is COC(=O)[C@@H]1CCN(CCCOc2cccc(-c3cccc(COc4cc(OCc5cncc(S(C)(=O)=O)c5)c(CNC(C)(CO)C(=O)O)cc4Cl)c3C)c2C)C1. The van der Waals surface area contributed by atoms with Gasteiger partial charge in [-0.05, 0) is 86.2 Å². The third-order valence-electron chi connectivity index (χ3n) is 10.3. The van der Waals surface area contributed by atoms with Crippen LogP contribution in [-0.4, -0.2) is 92.2 Å². The molecule has 0 amide bonds. The lowest BCUT2D eigenvalue weighted by Gasteiger charge is -2.25. The molecule has 1 aliphatic heterocycles. The highest BCUT2D eigenvalue weighted by Gasteiger charge is 2.32. The molecule has 1 aliphatic rings. The van der Waals surface area contributed by atoms with E-state index in [4.69, 9.17) is 30.5 Å². The van der Waals surface area contributed by atoms with E-state index in [9.17, 15) is 28.2 Å². The van der Waals surface area contributed by atoms with Gasteiger partial charge in [-0.25, -0.2) is 8.42 Å². The molecule has 306 valence electrons. The van der Waals surface area contributed by atoms with Crippen LogP contribution in [-0.2, 0) is 43.9 Å². The predicted octanol–water partition coefficient (Wildman–Crippen LogP) is 5.77. The Hall–Kier alpha value is -4.73. The summed E-state index contributed by atoms with van der Waals surface area (Å²) in [5.41, 5.74) is 4.34. The second-order valence-electron chi connectivity index (χ2n) is 14.4. The molecule has 4 aromatic rings. The number of halogens is 1. The van der Waals surface area contributed by atoms with E-state index >= 15 is 0 Å². The Kier molecular flexibility index (Phi) is 14.6. The summed E-state index contributed by atoms with van der Waals surface area (Å²) in [5.74, 6) is -0.0185. The number of carbonyl (C=O) groups excluding carboxylic acids is 1. The standard InChI is InChI=1S/C42H50ClN3O10S/c1-27-31(9-6-10-34(27)35-11-7-12-37(28(35)2)54-16-8-14-46-15-13-30(23-46)40(48)53-4)25-56-39-19-38(55-24-29-17-33(22-44-20-29)57(5,51)52)32(18-36(39)43)21-45-42(3,26-47)41(49)50/h6-7,9-12,17-20,22,30,45,47H,8,13-16,21,23-26H2,1-5H3,(H,49,50)/t30-,42?/m1/s1. The first-order chi connectivity index (χ1) is 27.1. The van der Waals surface area contributed by atoms with E-state index in [0.717, 1.165) is 65.8 Å². The number of hydrogen-bond donors (Lipinski definition) is 3. The van der Waals surface area contributed by atoms with E-state index in [-0.39, 0.29) is 41.6 Å². The molecule has 1 fully saturated rings. The van der Waals surface area contributed by atoms with Gasteiger partial charge in [0.2, 0.25) is 0 Å². The van der Waals surface area contributed by atoms with Crippen LogP contribution in [0.5, 0.6) is 17.2 Å². The Morgan fingerprint density at radius 3 is 2.39 bits per heavy atom. The molecule has 15 heteroatoms. The first-order valence-corrected chi connectivity index (χ1v) is 20.8. The van der Waals surface area contributed by atoms with Crippen molar-refractivity contribution in [3.63, 3.8) is 0 Å². The lowest BCUT2D eigenvalue weighted by Crippen LogP contribution is -2.52. The van der Waals surface area contributed by atoms with E-state index in [0.29, 0.717) is 35.8 Å². The van der Waals surface area contributed by atoms with Gasteiger partial charge >= 0.3 is 11.9 Å².